The molecule has 0 heterocycles. The molecule has 6 N–H and O–H groups in total. The summed E-state index contributed by atoms with van der Waals surface area (Å²) in [6.45, 7) is 15.4. The molecule has 0 spiro atoms. The minimum absolute atomic E-state index is 0.215. The molecule has 0 saturated heterocycles. The largest absolute Gasteiger partial charge is 0.508 e. The molecule has 0 radical (unpaired) electrons. The first-order chi connectivity index (χ1) is 27.8. The standard InChI is InChI=1S/C33H36O3.C20H18O3/c1-31(2,22-7-13-28(34)14-8-22)25-19-26(32(3,4)23-9-15-29(35)16-10-23)21-27(20-25)33(5,6)24-11-17-30(36)18-12-24;1-20(14-2-8-17(21)9-3-14,15-4-10-18(22)11-5-15)16-6-12-19(23)13-7-16/h7-21,34-36H,1-6H3;2-13,21-23H,1H3. The Morgan fingerprint density at radius 1 is 0.220 bits per heavy atom. The normalized spacial score (nSPS) is 12.1. The van der Waals surface area contributed by atoms with Crippen molar-refractivity contribution in [2.24, 2.45) is 0 Å². The van der Waals surface area contributed by atoms with E-state index >= 15 is 0 Å². The third-order valence-electron chi connectivity index (χ3n) is 12.2. The number of phenolic OH excluding ortho intramolecular Hbond substituents is 6. The number of benzene rings is 7. The molecule has 0 aromatic heterocycles. The van der Waals surface area contributed by atoms with Crippen molar-refractivity contribution in [1.29, 1.82) is 0 Å². The van der Waals surface area contributed by atoms with Crippen LogP contribution in [0.1, 0.15) is 98.5 Å². The van der Waals surface area contributed by atoms with Crippen molar-refractivity contribution in [1.82, 2.24) is 0 Å². The smallest absolute Gasteiger partial charge is 0.115 e. The molecule has 0 unspecified atom stereocenters. The van der Waals surface area contributed by atoms with Gasteiger partial charge in [-0.25, -0.2) is 0 Å². The highest BCUT2D eigenvalue weighted by Gasteiger charge is 2.33. The Kier molecular flexibility index (Phi) is 11.6. The van der Waals surface area contributed by atoms with Crippen LogP contribution < -0.4 is 0 Å². The lowest BCUT2D eigenvalue weighted by molar-refractivity contribution is 0.473. The third-order valence-corrected chi connectivity index (χ3v) is 12.2. The Labute approximate surface area is 348 Å². The Hall–Kier alpha value is -6.66. The predicted octanol–water partition coefficient (Wildman–Crippen LogP) is 11.9. The van der Waals surface area contributed by atoms with E-state index in [2.05, 4.69) is 66.7 Å². The number of phenols is 6. The van der Waals surface area contributed by atoms with E-state index in [1.54, 1.807) is 72.8 Å². The molecule has 0 bridgehead atoms. The summed E-state index contributed by atoms with van der Waals surface area (Å²) in [5, 5.41) is 58.3. The Balaban J connectivity index is 0.000000219. The van der Waals surface area contributed by atoms with Gasteiger partial charge in [0, 0.05) is 21.7 Å². The second kappa shape index (κ2) is 16.3. The van der Waals surface area contributed by atoms with Gasteiger partial charge in [0.15, 0.2) is 0 Å². The minimum Gasteiger partial charge on any atom is -0.508 e. The molecular formula is C53H54O6. The van der Waals surface area contributed by atoms with Crippen molar-refractivity contribution in [3.63, 3.8) is 0 Å². The van der Waals surface area contributed by atoms with Gasteiger partial charge in [0.2, 0.25) is 0 Å². The molecule has 0 saturated carbocycles. The SMILES string of the molecule is CC(C)(c1ccc(O)cc1)c1cc(C(C)(C)c2ccc(O)cc2)cc(C(C)(C)c2ccc(O)cc2)c1.CC(c1ccc(O)cc1)(c1ccc(O)cc1)c1ccc(O)cc1. The molecule has 0 aliphatic rings. The molecule has 59 heavy (non-hydrogen) atoms. The van der Waals surface area contributed by atoms with Gasteiger partial charge >= 0.3 is 0 Å². The van der Waals surface area contributed by atoms with Crippen LogP contribution in [0.25, 0.3) is 0 Å². The summed E-state index contributed by atoms with van der Waals surface area (Å²) in [4.78, 5) is 0. The third kappa shape index (κ3) is 8.78. The van der Waals surface area contributed by atoms with Crippen molar-refractivity contribution in [3.05, 3.63) is 214 Å². The summed E-state index contributed by atoms with van der Waals surface area (Å²) >= 11 is 0. The highest BCUT2D eigenvalue weighted by atomic mass is 16.3. The average Bonchev–Trinajstić information content (AvgIpc) is 3.22. The van der Waals surface area contributed by atoms with Gasteiger partial charge < -0.3 is 30.6 Å². The number of hydrogen-bond donors (Lipinski definition) is 6. The summed E-state index contributed by atoms with van der Waals surface area (Å²) in [6, 6.07) is 50.5. The van der Waals surface area contributed by atoms with Crippen molar-refractivity contribution >= 4 is 0 Å². The van der Waals surface area contributed by atoms with Crippen LogP contribution in [0.3, 0.4) is 0 Å². The van der Waals surface area contributed by atoms with Gasteiger partial charge in [-0.1, -0.05) is 133 Å². The topological polar surface area (TPSA) is 121 Å². The highest BCUT2D eigenvalue weighted by molar-refractivity contribution is 5.53. The highest BCUT2D eigenvalue weighted by Crippen LogP contribution is 2.43. The minimum atomic E-state index is -0.477. The van der Waals surface area contributed by atoms with Crippen molar-refractivity contribution < 1.29 is 30.6 Å². The van der Waals surface area contributed by atoms with Crippen molar-refractivity contribution in [2.45, 2.75) is 70.1 Å². The van der Waals surface area contributed by atoms with Gasteiger partial charge in [0.1, 0.15) is 34.5 Å². The zero-order valence-electron chi connectivity index (χ0n) is 34.8. The van der Waals surface area contributed by atoms with Crippen LogP contribution in [0, 0.1) is 0 Å². The zero-order chi connectivity index (χ0) is 42.8. The lowest BCUT2D eigenvalue weighted by Crippen LogP contribution is -2.26. The first-order valence-corrected chi connectivity index (χ1v) is 19.8. The quantitative estimate of drug-likeness (QED) is 0.0811. The summed E-state index contributed by atoms with van der Waals surface area (Å²) in [5.74, 6) is 1.41. The van der Waals surface area contributed by atoms with Crippen LogP contribution in [0.2, 0.25) is 0 Å². The molecule has 6 heteroatoms. The van der Waals surface area contributed by atoms with Crippen LogP contribution in [-0.4, -0.2) is 30.6 Å². The maximum atomic E-state index is 9.85. The van der Waals surface area contributed by atoms with E-state index in [-0.39, 0.29) is 50.7 Å². The fourth-order valence-corrected chi connectivity index (χ4v) is 7.73. The van der Waals surface area contributed by atoms with Crippen LogP contribution in [0.15, 0.2) is 164 Å². The molecule has 0 atom stereocenters. The van der Waals surface area contributed by atoms with E-state index < -0.39 is 5.41 Å². The Morgan fingerprint density at radius 3 is 0.542 bits per heavy atom. The van der Waals surface area contributed by atoms with E-state index in [0.29, 0.717) is 0 Å². The first-order valence-electron chi connectivity index (χ1n) is 19.8. The van der Waals surface area contributed by atoms with E-state index in [0.717, 1.165) is 33.4 Å². The first kappa shape index (κ1) is 42.0. The number of aromatic hydroxyl groups is 6. The average molecular weight is 787 g/mol. The van der Waals surface area contributed by atoms with Crippen molar-refractivity contribution in [2.75, 3.05) is 0 Å². The molecule has 302 valence electrons. The summed E-state index contributed by atoms with van der Waals surface area (Å²) in [5.41, 5.74) is 8.50. The monoisotopic (exact) mass is 786 g/mol. The fourth-order valence-electron chi connectivity index (χ4n) is 7.73. The molecule has 7 aromatic carbocycles. The van der Waals surface area contributed by atoms with Crippen LogP contribution in [0.4, 0.5) is 0 Å². The molecule has 0 aliphatic heterocycles. The lowest BCUT2D eigenvalue weighted by Gasteiger charge is -2.35. The number of rotatable bonds is 9. The van der Waals surface area contributed by atoms with Crippen LogP contribution in [-0.2, 0) is 21.7 Å². The zero-order valence-corrected chi connectivity index (χ0v) is 34.8. The van der Waals surface area contributed by atoms with Gasteiger partial charge in [0.25, 0.3) is 0 Å². The number of hydrogen-bond acceptors (Lipinski definition) is 6. The predicted molar refractivity (Wildman–Crippen MR) is 237 cm³/mol. The molecule has 6 nitrogen and oxygen atoms in total. The second-order valence-electron chi connectivity index (χ2n) is 17.1. The lowest BCUT2D eigenvalue weighted by atomic mass is 9.69. The molecular weight excluding hydrogens is 733 g/mol. The van der Waals surface area contributed by atoms with E-state index in [1.165, 1.54) is 16.7 Å². The summed E-state index contributed by atoms with van der Waals surface area (Å²) in [7, 11) is 0. The summed E-state index contributed by atoms with van der Waals surface area (Å²) < 4.78 is 0. The van der Waals surface area contributed by atoms with Crippen LogP contribution in [0.5, 0.6) is 34.5 Å². The molecule has 0 fully saturated rings. The maximum Gasteiger partial charge on any atom is 0.115 e. The van der Waals surface area contributed by atoms with E-state index in [9.17, 15) is 30.6 Å². The maximum absolute atomic E-state index is 9.85. The summed E-state index contributed by atoms with van der Waals surface area (Å²) in [6.07, 6.45) is 0. The van der Waals surface area contributed by atoms with Gasteiger partial charge in [-0.2, -0.15) is 0 Å². The van der Waals surface area contributed by atoms with E-state index in [1.807, 2.05) is 72.8 Å². The molecule has 7 aromatic rings. The van der Waals surface area contributed by atoms with Gasteiger partial charge in [-0.15, -0.1) is 0 Å². The van der Waals surface area contributed by atoms with Gasteiger partial charge in [-0.05, 0) is 130 Å². The van der Waals surface area contributed by atoms with Gasteiger partial charge in [0.05, 0.1) is 0 Å². The fraction of sp³-hybridized carbons (Fsp3) is 0.208. The van der Waals surface area contributed by atoms with Crippen LogP contribution >= 0.6 is 0 Å². The van der Waals surface area contributed by atoms with E-state index in [4.69, 9.17) is 0 Å². The second-order valence-corrected chi connectivity index (χ2v) is 17.1. The Morgan fingerprint density at radius 2 is 0.373 bits per heavy atom. The molecule has 7 rings (SSSR count). The molecule has 0 amide bonds. The molecule has 0 aliphatic carbocycles. The van der Waals surface area contributed by atoms with Gasteiger partial charge in [-0.3, -0.25) is 0 Å². The Bertz CT molecular complexity index is 2190. The van der Waals surface area contributed by atoms with Crippen molar-refractivity contribution in [3.8, 4) is 34.5 Å².